The predicted molar refractivity (Wildman–Crippen MR) is 84.2 cm³/mol. The van der Waals surface area contributed by atoms with Gasteiger partial charge in [-0.05, 0) is 30.3 Å². The zero-order valence-corrected chi connectivity index (χ0v) is 11.7. The van der Waals surface area contributed by atoms with Crippen LogP contribution in [0.5, 0.6) is 0 Å². The molecule has 0 N–H and O–H groups in total. The molecule has 0 fully saturated rings. The van der Waals surface area contributed by atoms with Crippen LogP contribution in [0.25, 0.3) is 0 Å². The first-order valence-electron chi connectivity index (χ1n) is 6.38. The van der Waals surface area contributed by atoms with Crippen LogP contribution in [0.1, 0.15) is 0 Å². The van der Waals surface area contributed by atoms with Gasteiger partial charge in [-0.1, -0.05) is 36.4 Å². The highest BCUT2D eigenvalue weighted by Gasteiger charge is 2.48. The third kappa shape index (κ3) is 1.99. The minimum absolute atomic E-state index is 0.741. The van der Waals surface area contributed by atoms with Crippen molar-refractivity contribution < 1.29 is 9.21 Å². The average molecular weight is 281 g/mol. The number of hydrogen-bond acceptors (Lipinski definition) is 2. The Morgan fingerprint density at radius 1 is 0.750 bits per heavy atom. The van der Waals surface area contributed by atoms with Crippen LogP contribution >= 0.6 is 7.26 Å². The van der Waals surface area contributed by atoms with Crippen molar-refractivity contribution in [2.75, 3.05) is 0 Å². The molecule has 2 nitrogen and oxygen atoms in total. The van der Waals surface area contributed by atoms with Crippen LogP contribution in [0, 0.1) is 0 Å². The molecule has 0 spiro atoms. The van der Waals surface area contributed by atoms with E-state index in [-0.39, 0.29) is 0 Å². The molecule has 0 radical (unpaired) electrons. The summed E-state index contributed by atoms with van der Waals surface area (Å²) in [7, 11) is -2.33. The molecule has 20 heavy (non-hydrogen) atoms. The summed E-state index contributed by atoms with van der Waals surface area (Å²) in [6, 6.07) is 24.5. The van der Waals surface area contributed by atoms with Crippen molar-refractivity contribution in [3.8, 4) is 0 Å². The van der Waals surface area contributed by atoms with Crippen molar-refractivity contribution in [2.24, 2.45) is 0 Å². The Hall–Kier alpha value is -2.18. The fourth-order valence-electron chi connectivity index (χ4n) is 2.37. The second-order valence-corrected chi connectivity index (χ2v) is 7.58. The number of carbonyl (C=O) groups excluding carboxylic acids is 1. The number of hydrogen-bond donors (Lipinski definition) is 0. The maximum atomic E-state index is 12.1. The summed E-state index contributed by atoms with van der Waals surface area (Å²) in [5, 5.41) is 2.02. The lowest BCUT2D eigenvalue weighted by molar-refractivity contribution is 0.568. The third-order valence-electron chi connectivity index (χ3n) is 3.34. The fraction of sp³-hybridized carbons (Fsp3) is 0. The molecule has 0 atom stereocenters. The lowest BCUT2D eigenvalue weighted by atomic mass is 10.4. The summed E-state index contributed by atoms with van der Waals surface area (Å²) >= 11 is 0. The van der Waals surface area contributed by atoms with Gasteiger partial charge in [0.25, 0.3) is 11.5 Å². The molecule has 98 valence electrons. The van der Waals surface area contributed by atoms with Crippen molar-refractivity contribution in [1.29, 1.82) is 0 Å². The van der Waals surface area contributed by atoms with E-state index in [0.29, 0.717) is 0 Å². The van der Waals surface area contributed by atoms with Crippen LogP contribution in [0.15, 0.2) is 83.5 Å². The average Bonchev–Trinajstić information content (AvgIpc) is 3.06. The minimum Gasteiger partial charge on any atom is -0.434 e. The highest BCUT2D eigenvalue weighted by molar-refractivity contribution is 8.06. The molecule has 0 aliphatic rings. The smallest absolute Gasteiger partial charge is 0.275 e. The summed E-state index contributed by atoms with van der Waals surface area (Å²) < 4.78 is 5.62. The summed E-state index contributed by atoms with van der Waals surface area (Å²) in [4.78, 5) is 12.1. The molecule has 0 aliphatic heterocycles. The molecule has 0 unspecified atom stereocenters. The van der Waals surface area contributed by atoms with Crippen molar-refractivity contribution in [3.05, 3.63) is 79.1 Å². The predicted octanol–water partition coefficient (Wildman–Crippen LogP) is 2.76. The van der Waals surface area contributed by atoms with Gasteiger partial charge in [0, 0.05) is 6.07 Å². The van der Waals surface area contributed by atoms with Crippen molar-refractivity contribution in [2.45, 2.75) is 0 Å². The Bertz CT molecular complexity index is 636. The Balaban J connectivity index is 2.30. The Morgan fingerprint density at radius 2 is 1.30 bits per heavy atom. The largest absolute Gasteiger partial charge is 0.434 e. The molecule has 0 bridgehead atoms. The molecule has 0 aliphatic carbocycles. The van der Waals surface area contributed by atoms with Crippen molar-refractivity contribution in [3.63, 3.8) is 0 Å². The summed E-state index contributed by atoms with van der Waals surface area (Å²) in [6.45, 7) is 0. The Kier molecular flexibility index (Phi) is 3.49. The van der Waals surface area contributed by atoms with Gasteiger partial charge >= 0.3 is 0 Å². The van der Waals surface area contributed by atoms with Gasteiger partial charge in [-0.15, -0.1) is 0 Å². The first kappa shape index (κ1) is 12.8. The fourth-order valence-corrected chi connectivity index (χ4v) is 5.36. The zero-order valence-electron chi connectivity index (χ0n) is 10.8. The monoisotopic (exact) mass is 281 g/mol. The van der Waals surface area contributed by atoms with Gasteiger partial charge in [0.2, 0.25) is 7.26 Å². The molecule has 0 saturated heterocycles. The molecule has 3 rings (SSSR count). The van der Waals surface area contributed by atoms with E-state index in [1.807, 2.05) is 72.8 Å². The molecule has 3 heteroatoms. The SMILES string of the molecule is O=C[P+](c1ccccc1)(c1ccccc1)c1ccco1. The van der Waals surface area contributed by atoms with Gasteiger partial charge in [-0.25, -0.2) is 0 Å². The number of carbonyl (C=O) groups is 1. The summed E-state index contributed by atoms with van der Waals surface area (Å²) in [5.41, 5.74) is 0.741. The van der Waals surface area contributed by atoms with E-state index >= 15 is 0 Å². The van der Waals surface area contributed by atoms with E-state index in [4.69, 9.17) is 4.42 Å². The quantitative estimate of drug-likeness (QED) is 0.544. The number of furan rings is 1. The first-order valence-corrected chi connectivity index (χ1v) is 8.24. The van der Waals surface area contributed by atoms with E-state index in [1.165, 1.54) is 0 Å². The molecule has 0 saturated carbocycles. The van der Waals surface area contributed by atoms with Crippen LogP contribution in [-0.2, 0) is 4.79 Å². The highest BCUT2D eigenvalue weighted by Crippen LogP contribution is 2.52. The molecule has 0 amide bonds. The maximum Gasteiger partial charge on any atom is 0.275 e. The second-order valence-electron chi connectivity index (χ2n) is 4.45. The van der Waals surface area contributed by atoms with E-state index in [0.717, 1.165) is 22.1 Å². The lowest BCUT2D eigenvalue weighted by Gasteiger charge is -2.17. The Labute approximate surface area is 118 Å². The summed E-state index contributed by atoms with van der Waals surface area (Å²) in [6.07, 6.45) is 1.62. The molecule has 3 aromatic rings. The number of rotatable bonds is 4. The Morgan fingerprint density at radius 3 is 1.70 bits per heavy atom. The van der Waals surface area contributed by atoms with E-state index in [9.17, 15) is 4.79 Å². The second kappa shape index (κ2) is 5.44. The van der Waals surface area contributed by atoms with E-state index < -0.39 is 7.26 Å². The van der Waals surface area contributed by atoms with Gasteiger partial charge in [-0.3, -0.25) is 4.79 Å². The summed E-state index contributed by atoms with van der Waals surface area (Å²) in [5.74, 6) is 0. The number of benzene rings is 2. The van der Waals surface area contributed by atoms with Gasteiger partial charge in [0.05, 0.1) is 6.26 Å². The van der Waals surface area contributed by atoms with Crippen LogP contribution < -0.4 is 16.1 Å². The van der Waals surface area contributed by atoms with Crippen LogP contribution in [-0.4, -0.2) is 6.03 Å². The molecule has 1 heterocycles. The minimum atomic E-state index is -2.33. The zero-order chi connectivity index (χ0) is 13.8. The molecular formula is C17H14O2P+. The molecule has 1 aromatic heterocycles. The van der Waals surface area contributed by atoms with E-state index in [1.54, 1.807) is 6.26 Å². The lowest BCUT2D eigenvalue weighted by Crippen LogP contribution is -2.31. The standard InChI is InChI=1S/C17H14O2P/c18-14-20(17-12-7-13-19-17,15-8-3-1-4-9-15)16-10-5-2-6-11-16/h1-14H/q+1. The van der Waals surface area contributed by atoms with Gasteiger partial charge < -0.3 is 4.42 Å². The third-order valence-corrected chi connectivity index (χ3v) is 6.83. The van der Waals surface area contributed by atoms with Crippen molar-refractivity contribution in [1.82, 2.24) is 0 Å². The molecule has 2 aromatic carbocycles. The first-order chi connectivity index (χ1) is 9.88. The normalized spacial score (nSPS) is 11.2. The van der Waals surface area contributed by atoms with E-state index in [2.05, 4.69) is 0 Å². The van der Waals surface area contributed by atoms with Crippen LogP contribution in [0.4, 0.5) is 0 Å². The molecular weight excluding hydrogens is 267 g/mol. The maximum absolute atomic E-state index is 12.1. The van der Waals surface area contributed by atoms with Gasteiger partial charge in [-0.2, -0.15) is 0 Å². The van der Waals surface area contributed by atoms with Gasteiger partial charge in [0.15, 0.2) is 0 Å². The highest BCUT2D eigenvalue weighted by atomic mass is 31.2. The topological polar surface area (TPSA) is 30.2 Å². The van der Waals surface area contributed by atoms with Crippen LogP contribution in [0.3, 0.4) is 0 Å². The van der Waals surface area contributed by atoms with Crippen LogP contribution in [0.2, 0.25) is 0 Å². The van der Waals surface area contributed by atoms with Crippen molar-refractivity contribution >= 4 is 29.4 Å². The van der Waals surface area contributed by atoms with Gasteiger partial charge in [0.1, 0.15) is 10.6 Å².